The predicted molar refractivity (Wildman–Crippen MR) is 117 cm³/mol. The van der Waals surface area contributed by atoms with E-state index in [1.807, 2.05) is 60.8 Å². The van der Waals surface area contributed by atoms with Gasteiger partial charge in [0.15, 0.2) is 0 Å². The number of nitrogens with one attached hydrogen (secondary N) is 1. The van der Waals surface area contributed by atoms with Crippen LogP contribution in [0.4, 0.5) is 4.39 Å². The van der Waals surface area contributed by atoms with Gasteiger partial charge in [0.05, 0.1) is 12.0 Å². The summed E-state index contributed by atoms with van der Waals surface area (Å²) < 4.78 is 13.5. The molecule has 1 unspecified atom stereocenters. The molecule has 3 aromatic carbocycles. The highest BCUT2D eigenvalue weighted by Crippen LogP contribution is 2.41. The summed E-state index contributed by atoms with van der Waals surface area (Å²) >= 11 is 0. The van der Waals surface area contributed by atoms with Gasteiger partial charge in [-0.15, -0.1) is 0 Å². The van der Waals surface area contributed by atoms with Crippen molar-refractivity contribution in [1.29, 1.82) is 0 Å². The SMILES string of the molecule is O=C1CC(Cc2ccc(F)cc2)(c2ccc3[nH]ccc3c2)C(=O)N1Cc1ccccc1. The number of likely N-dealkylation sites (tertiary alicyclic amines) is 1. The monoisotopic (exact) mass is 412 g/mol. The van der Waals surface area contributed by atoms with Crippen LogP contribution in [0, 0.1) is 5.82 Å². The molecule has 0 saturated carbocycles. The minimum Gasteiger partial charge on any atom is -0.361 e. The fourth-order valence-electron chi connectivity index (χ4n) is 4.49. The van der Waals surface area contributed by atoms with Crippen LogP contribution in [0.3, 0.4) is 0 Å². The maximum Gasteiger partial charge on any atom is 0.241 e. The van der Waals surface area contributed by atoms with Crippen LogP contribution < -0.4 is 0 Å². The van der Waals surface area contributed by atoms with Gasteiger partial charge in [0.2, 0.25) is 11.8 Å². The number of imide groups is 1. The third kappa shape index (κ3) is 3.42. The van der Waals surface area contributed by atoms with E-state index < -0.39 is 5.41 Å². The number of carbonyl (C=O) groups excluding carboxylic acids is 2. The molecule has 1 N–H and O–H groups in total. The highest BCUT2D eigenvalue weighted by Gasteiger charge is 2.52. The summed E-state index contributed by atoms with van der Waals surface area (Å²) in [7, 11) is 0. The maximum atomic E-state index is 13.8. The first-order valence-electron chi connectivity index (χ1n) is 10.3. The van der Waals surface area contributed by atoms with Gasteiger partial charge in [-0.3, -0.25) is 14.5 Å². The first kappa shape index (κ1) is 19.2. The van der Waals surface area contributed by atoms with E-state index >= 15 is 0 Å². The molecule has 1 atom stereocenters. The van der Waals surface area contributed by atoms with Crippen LogP contribution in [0.5, 0.6) is 0 Å². The topological polar surface area (TPSA) is 53.2 Å². The standard InChI is InChI=1S/C26H21FN2O2/c27-22-9-6-18(7-10-22)15-26(21-8-11-23-20(14-21)12-13-28-23)16-24(30)29(25(26)31)17-19-4-2-1-3-5-19/h1-14,28H,15-17H2. The molecule has 1 saturated heterocycles. The number of hydrogen-bond donors (Lipinski definition) is 1. The molecule has 2 heterocycles. The average molecular weight is 412 g/mol. The fourth-order valence-corrected chi connectivity index (χ4v) is 4.49. The normalized spacial score (nSPS) is 18.8. The summed E-state index contributed by atoms with van der Waals surface area (Å²) in [5.41, 5.74) is 2.48. The summed E-state index contributed by atoms with van der Waals surface area (Å²) in [5, 5.41) is 0.984. The maximum absolute atomic E-state index is 13.8. The zero-order chi connectivity index (χ0) is 21.4. The Balaban J connectivity index is 1.58. The van der Waals surface area contributed by atoms with Gasteiger partial charge < -0.3 is 4.98 Å². The molecule has 5 rings (SSSR count). The minimum atomic E-state index is -1.02. The lowest BCUT2D eigenvalue weighted by molar-refractivity contribution is -0.140. The molecule has 5 heteroatoms. The van der Waals surface area contributed by atoms with Crippen molar-refractivity contribution in [3.8, 4) is 0 Å². The molecule has 1 fully saturated rings. The van der Waals surface area contributed by atoms with Crippen LogP contribution in [-0.4, -0.2) is 21.7 Å². The summed E-state index contributed by atoms with van der Waals surface area (Å²) in [4.78, 5) is 31.4. The third-order valence-electron chi connectivity index (χ3n) is 6.12. The van der Waals surface area contributed by atoms with Gasteiger partial charge in [0, 0.05) is 18.1 Å². The van der Waals surface area contributed by atoms with E-state index in [1.54, 1.807) is 12.1 Å². The van der Waals surface area contributed by atoms with Gasteiger partial charge in [-0.1, -0.05) is 48.5 Å². The van der Waals surface area contributed by atoms with E-state index in [4.69, 9.17) is 0 Å². The molecule has 0 spiro atoms. The molecular formula is C26H21FN2O2. The van der Waals surface area contributed by atoms with Crippen LogP contribution in [0.1, 0.15) is 23.1 Å². The predicted octanol–water partition coefficient (Wildman–Crippen LogP) is 4.75. The van der Waals surface area contributed by atoms with Gasteiger partial charge in [-0.25, -0.2) is 4.39 Å². The van der Waals surface area contributed by atoms with Crippen LogP contribution >= 0.6 is 0 Å². The molecule has 1 aliphatic rings. The lowest BCUT2D eigenvalue weighted by Gasteiger charge is -2.28. The number of benzene rings is 3. The highest BCUT2D eigenvalue weighted by molar-refractivity contribution is 6.09. The summed E-state index contributed by atoms with van der Waals surface area (Å²) in [6.07, 6.45) is 2.27. The van der Waals surface area contributed by atoms with Crippen molar-refractivity contribution in [3.63, 3.8) is 0 Å². The second kappa shape index (κ2) is 7.51. The quantitative estimate of drug-likeness (QED) is 0.481. The van der Waals surface area contributed by atoms with Crippen LogP contribution in [0.15, 0.2) is 85.1 Å². The van der Waals surface area contributed by atoms with Crippen molar-refractivity contribution in [2.75, 3.05) is 0 Å². The van der Waals surface area contributed by atoms with Gasteiger partial charge in [0.1, 0.15) is 5.82 Å². The van der Waals surface area contributed by atoms with Crippen molar-refractivity contribution in [1.82, 2.24) is 9.88 Å². The van der Waals surface area contributed by atoms with E-state index in [9.17, 15) is 14.0 Å². The Morgan fingerprint density at radius 2 is 1.68 bits per heavy atom. The Morgan fingerprint density at radius 1 is 0.903 bits per heavy atom. The van der Waals surface area contributed by atoms with Gasteiger partial charge in [0.25, 0.3) is 0 Å². The summed E-state index contributed by atoms with van der Waals surface area (Å²) in [5.74, 6) is -0.725. The van der Waals surface area contributed by atoms with E-state index in [0.29, 0.717) is 6.42 Å². The molecule has 0 aliphatic carbocycles. The van der Waals surface area contributed by atoms with Crippen molar-refractivity contribution in [2.24, 2.45) is 0 Å². The molecule has 4 nitrogen and oxygen atoms in total. The van der Waals surface area contributed by atoms with E-state index in [1.165, 1.54) is 17.0 Å². The minimum absolute atomic E-state index is 0.0893. The number of rotatable bonds is 5. The van der Waals surface area contributed by atoms with Gasteiger partial charge in [-0.2, -0.15) is 0 Å². The van der Waals surface area contributed by atoms with Crippen LogP contribution in [-0.2, 0) is 28.0 Å². The number of H-pyrrole nitrogens is 1. The molecule has 154 valence electrons. The molecule has 1 aliphatic heterocycles. The lowest BCUT2D eigenvalue weighted by atomic mass is 9.74. The van der Waals surface area contributed by atoms with E-state index in [-0.39, 0.29) is 30.6 Å². The third-order valence-corrected chi connectivity index (χ3v) is 6.12. The molecule has 4 aromatic rings. The second-order valence-corrected chi connectivity index (χ2v) is 8.11. The van der Waals surface area contributed by atoms with Crippen molar-refractivity contribution < 1.29 is 14.0 Å². The first-order valence-corrected chi connectivity index (χ1v) is 10.3. The molecule has 0 radical (unpaired) electrons. The zero-order valence-electron chi connectivity index (χ0n) is 16.8. The smallest absolute Gasteiger partial charge is 0.241 e. The fraction of sp³-hybridized carbons (Fsp3) is 0.154. The summed E-state index contributed by atoms with van der Waals surface area (Å²) in [6.45, 7) is 0.246. The number of hydrogen-bond acceptors (Lipinski definition) is 2. The first-order chi connectivity index (χ1) is 15.0. The van der Waals surface area contributed by atoms with Gasteiger partial charge >= 0.3 is 0 Å². The summed E-state index contributed by atoms with van der Waals surface area (Å²) in [6, 6.07) is 23.4. The molecule has 1 aromatic heterocycles. The number of aromatic amines is 1. The molecule has 31 heavy (non-hydrogen) atoms. The Labute approximate surface area is 179 Å². The van der Waals surface area contributed by atoms with Crippen LogP contribution in [0.25, 0.3) is 10.9 Å². The Kier molecular flexibility index (Phi) is 4.66. The lowest BCUT2D eigenvalue weighted by Crippen LogP contribution is -2.40. The Bertz CT molecular complexity index is 1260. The molecule has 0 bridgehead atoms. The molecular weight excluding hydrogens is 391 g/mol. The number of nitrogens with zero attached hydrogens (tertiary/aromatic N) is 1. The number of aromatic nitrogens is 1. The van der Waals surface area contributed by atoms with E-state index in [0.717, 1.165) is 27.6 Å². The van der Waals surface area contributed by atoms with Crippen molar-refractivity contribution >= 4 is 22.7 Å². The number of amides is 2. The largest absolute Gasteiger partial charge is 0.361 e. The number of fused-ring (bicyclic) bond motifs is 1. The Hall–Kier alpha value is -3.73. The highest BCUT2D eigenvalue weighted by atomic mass is 19.1. The average Bonchev–Trinajstić information content (AvgIpc) is 3.34. The van der Waals surface area contributed by atoms with Crippen molar-refractivity contribution in [3.05, 3.63) is 108 Å². The van der Waals surface area contributed by atoms with Crippen LogP contribution in [0.2, 0.25) is 0 Å². The van der Waals surface area contributed by atoms with Gasteiger partial charge in [-0.05, 0) is 58.8 Å². The number of carbonyl (C=O) groups is 2. The molecule has 2 amide bonds. The number of halogens is 1. The van der Waals surface area contributed by atoms with Crippen molar-refractivity contribution in [2.45, 2.75) is 24.8 Å². The van der Waals surface area contributed by atoms with E-state index in [2.05, 4.69) is 4.98 Å². The Morgan fingerprint density at radius 3 is 2.45 bits per heavy atom. The zero-order valence-corrected chi connectivity index (χ0v) is 16.8. The second-order valence-electron chi connectivity index (χ2n) is 8.11.